The van der Waals surface area contributed by atoms with Crippen LogP contribution in [0.2, 0.25) is 0 Å². The van der Waals surface area contributed by atoms with Crippen molar-refractivity contribution in [1.29, 1.82) is 0 Å². The molecule has 0 aliphatic rings. The second-order valence-electron chi connectivity index (χ2n) is 15.4. The predicted molar refractivity (Wildman–Crippen MR) is 248 cm³/mol. The van der Waals surface area contributed by atoms with Gasteiger partial charge in [0.1, 0.15) is 11.2 Å². The number of benzene rings is 10. The average Bonchev–Trinajstić information content (AvgIpc) is 3.86. The molecule has 10 aromatic carbocycles. The summed E-state index contributed by atoms with van der Waals surface area (Å²) >= 11 is 0. The van der Waals surface area contributed by atoms with E-state index in [1.54, 1.807) is 0 Å². The van der Waals surface area contributed by atoms with Crippen LogP contribution in [0.3, 0.4) is 0 Å². The molecule has 0 radical (unpaired) electrons. The van der Waals surface area contributed by atoms with E-state index in [4.69, 9.17) is 4.42 Å². The van der Waals surface area contributed by atoms with E-state index in [0.29, 0.717) is 0 Å². The molecule has 0 amide bonds. The Morgan fingerprint density at radius 2 is 0.847 bits per heavy atom. The van der Waals surface area contributed by atoms with Crippen molar-refractivity contribution in [2.24, 2.45) is 0 Å². The molecule has 2 aromatic heterocycles. The largest absolute Gasteiger partial charge is 0.456 e. The van der Waals surface area contributed by atoms with Gasteiger partial charge in [0.05, 0.1) is 11.0 Å². The Morgan fingerprint density at radius 1 is 0.322 bits per heavy atom. The molecule has 2 heterocycles. The molecule has 0 fully saturated rings. The summed E-state index contributed by atoms with van der Waals surface area (Å²) in [5.74, 6) is 0. The van der Waals surface area contributed by atoms with Gasteiger partial charge in [-0.3, -0.25) is 0 Å². The summed E-state index contributed by atoms with van der Waals surface area (Å²) in [6, 6.07) is 78.7. The van der Waals surface area contributed by atoms with E-state index in [1.165, 1.54) is 54.8 Å². The van der Waals surface area contributed by atoms with Gasteiger partial charge >= 0.3 is 0 Å². The minimum Gasteiger partial charge on any atom is -0.456 e. The van der Waals surface area contributed by atoms with Gasteiger partial charge in [0, 0.05) is 50.4 Å². The van der Waals surface area contributed by atoms with E-state index in [2.05, 4.69) is 216 Å². The zero-order valence-electron chi connectivity index (χ0n) is 32.1. The quantitative estimate of drug-likeness (QED) is 0.151. The van der Waals surface area contributed by atoms with E-state index in [0.717, 1.165) is 55.8 Å². The summed E-state index contributed by atoms with van der Waals surface area (Å²) in [4.78, 5) is 2.33. The van der Waals surface area contributed by atoms with Crippen LogP contribution in [0.4, 0.5) is 17.1 Å². The Hall–Kier alpha value is -7.88. The molecular weight excluding hydrogens is 717 g/mol. The summed E-state index contributed by atoms with van der Waals surface area (Å²) in [6.07, 6.45) is 0. The van der Waals surface area contributed by atoms with E-state index < -0.39 is 0 Å². The highest BCUT2D eigenvalue weighted by molar-refractivity contribution is 6.24. The molecule has 12 rings (SSSR count). The normalized spacial score (nSPS) is 11.7. The molecular formula is C56H36N2O. The van der Waals surface area contributed by atoms with Crippen LogP contribution in [-0.4, -0.2) is 4.57 Å². The third-order valence-corrected chi connectivity index (χ3v) is 11.9. The minimum absolute atomic E-state index is 0.865. The molecule has 12 aromatic rings. The molecule has 0 spiro atoms. The van der Waals surface area contributed by atoms with Gasteiger partial charge in [-0.05, 0) is 111 Å². The Balaban J connectivity index is 0.960. The van der Waals surface area contributed by atoms with Crippen LogP contribution in [0.5, 0.6) is 0 Å². The molecule has 276 valence electrons. The van der Waals surface area contributed by atoms with Gasteiger partial charge in [0.2, 0.25) is 0 Å². The van der Waals surface area contributed by atoms with Crippen molar-refractivity contribution in [3.05, 3.63) is 218 Å². The maximum absolute atomic E-state index is 6.42. The fourth-order valence-corrected chi connectivity index (χ4v) is 9.14. The number of furan rings is 1. The highest BCUT2D eigenvalue weighted by Gasteiger charge is 2.19. The maximum atomic E-state index is 6.42. The molecule has 0 bridgehead atoms. The van der Waals surface area contributed by atoms with Gasteiger partial charge in [-0.1, -0.05) is 146 Å². The fraction of sp³-hybridized carbons (Fsp3) is 0. The van der Waals surface area contributed by atoms with Crippen molar-refractivity contribution in [3.8, 4) is 39.1 Å². The number of aromatic nitrogens is 1. The van der Waals surface area contributed by atoms with E-state index in [9.17, 15) is 0 Å². The number of anilines is 3. The van der Waals surface area contributed by atoms with Crippen molar-refractivity contribution >= 4 is 71.6 Å². The molecule has 0 aliphatic carbocycles. The molecule has 3 nitrogen and oxygen atoms in total. The van der Waals surface area contributed by atoms with Crippen LogP contribution in [0.1, 0.15) is 0 Å². The van der Waals surface area contributed by atoms with E-state index >= 15 is 0 Å². The van der Waals surface area contributed by atoms with Crippen molar-refractivity contribution in [2.45, 2.75) is 0 Å². The van der Waals surface area contributed by atoms with Gasteiger partial charge in [-0.25, -0.2) is 0 Å². The molecule has 59 heavy (non-hydrogen) atoms. The van der Waals surface area contributed by atoms with Crippen molar-refractivity contribution in [2.75, 3.05) is 4.90 Å². The summed E-state index contributed by atoms with van der Waals surface area (Å²) in [6.45, 7) is 0. The molecule has 0 atom stereocenters. The second-order valence-corrected chi connectivity index (χ2v) is 15.4. The van der Waals surface area contributed by atoms with Crippen LogP contribution < -0.4 is 4.90 Å². The minimum atomic E-state index is 0.865. The number of hydrogen-bond donors (Lipinski definition) is 0. The monoisotopic (exact) mass is 752 g/mol. The first-order valence-corrected chi connectivity index (χ1v) is 20.2. The Morgan fingerprint density at radius 3 is 1.56 bits per heavy atom. The lowest BCUT2D eigenvalue weighted by Crippen LogP contribution is -2.10. The van der Waals surface area contributed by atoms with Crippen molar-refractivity contribution < 1.29 is 4.42 Å². The van der Waals surface area contributed by atoms with Gasteiger partial charge in [-0.15, -0.1) is 0 Å². The molecule has 0 N–H and O–H groups in total. The lowest BCUT2D eigenvalue weighted by molar-refractivity contribution is 0.669. The van der Waals surface area contributed by atoms with Crippen LogP contribution >= 0.6 is 0 Å². The van der Waals surface area contributed by atoms with Crippen LogP contribution in [-0.2, 0) is 0 Å². The number of fused-ring (bicyclic) bond motifs is 3. The van der Waals surface area contributed by atoms with Crippen LogP contribution in [0.15, 0.2) is 223 Å². The first-order valence-electron chi connectivity index (χ1n) is 20.2. The summed E-state index contributed by atoms with van der Waals surface area (Å²) < 4.78 is 8.84. The molecule has 0 saturated carbocycles. The molecule has 0 saturated heterocycles. The van der Waals surface area contributed by atoms with Crippen LogP contribution in [0.25, 0.3) is 93.6 Å². The zero-order valence-corrected chi connectivity index (χ0v) is 32.1. The Kier molecular flexibility index (Phi) is 7.54. The summed E-state index contributed by atoms with van der Waals surface area (Å²) in [7, 11) is 0. The summed E-state index contributed by atoms with van der Waals surface area (Å²) in [5.41, 5.74) is 15.6. The average molecular weight is 753 g/mol. The second kappa shape index (κ2) is 13.4. The Labute approximate surface area is 341 Å². The lowest BCUT2D eigenvalue weighted by atomic mass is 10.00. The van der Waals surface area contributed by atoms with Crippen molar-refractivity contribution in [3.63, 3.8) is 0 Å². The number of para-hydroxylation sites is 1. The molecule has 0 unspecified atom stereocenters. The van der Waals surface area contributed by atoms with Crippen LogP contribution in [0, 0.1) is 0 Å². The van der Waals surface area contributed by atoms with Gasteiger partial charge in [0.15, 0.2) is 0 Å². The van der Waals surface area contributed by atoms with Gasteiger partial charge < -0.3 is 13.9 Å². The molecule has 0 aliphatic heterocycles. The standard InChI is InChI=1S/C56H36N2O/c1-2-10-37(11-3-1)38-22-24-39(25-23-38)40-28-30-45(31-29-40)57(48-32-33-50-49-18-4-5-21-53(49)59-54(50)36-48)46-16-6-14-43(34-46)44-15-7-17-47(35-44)58-51-19-8-12-41-26-27-42-13-9-20-52(58)56(42)55(41)51/h1-36H. The summed E-state index contributed by atoms with van der Waals surface area (Å²) in [5, 5.41) is 7.41. The van der Waals surface area contributed by atoms with Gasteiger partial charge in [-0.2, -0.15) is 0 Å². The number of hydrogen-bond acceptors (Lipinski definition) is 2. The highest BCUT2D eigenvalue weighted by Crippen LogP contribution is 2.42. The fourth-order valence-electron chi connectivity index (χ4n) is 9.14. The zero-order chi connectivity index (χ0) is 38.9. The first-order chi connectivity index (χ1) is 29.2. The smallest absolute Gasteiger partial charge is 0.137 e. The third-order valence-electron chi connectivity index (χ3n) is 11.9. The number of rotatable bonds is 7. The highest BCUT2D eigenvalue weighted by atomic mass is 16.3. The Bertz CT molecular complexity index is 3420. The topological polar surface area (TPSA) is 21.3 Å². The van der Waals surface area contributed by atoms with Gasteiger partial charge in [0.25, 0.3) is 0 Å². The molecule has 3 heteroatoms. The lowest BCUT2D eigenvalue weighted by Gasteiger charge is -2.26. The number of nitrogens with zero attached hydrogens (tertiary/aromatic N) is 2. The maximum Gasteiger partial charge on any atom is 0.137 e. The van der Waals surface area contributed by atoms with Crippen molar-refractivity contribution in [1.82, 2.24) is 4.57 Å². The predicted octanol–water partition coefficient (Wildman–Crippen LogP) is 15.7. The third kappa shape index (κ3) is 5.51. The van der Waals surface area contributed by atoms with E-state index in [1.807, 2.05) is 12.1 Å². The van der Waals surface area contributed by atoms with E-state index in [-0.39, 0.29) is 0 Å². The first kappa shape index (κ1) is 33.3. The SMILES string of the molecule is c1ccc(-c2ccc(-c3ccc(N(c4cccc(-c5cccc(-n6c7cccc8ccc9cccc6c9c87)c5)c4)c4ccc5c(c4)oc4ccccc45)cc3)cc2)cc1.